The van der Waals surface area contributed by atoms with E-state index in [0.717, 1.165) is 30.7 Å². The minimum Gasteiger partial charge on any atom is -0.271 e. The van der Waals surface area contributed by atoms with Crippen LogP contribution in [0.3, 0.4) is 0 Å². The SMILES string of the molecule is NNC(CCCc1cccs1)Cc1ccc(Cl)cc1. The van der Waals surface area contributed by atoms with Crippen molar-refractivity contribution in [3.8, 4) is 0 Å². The Hall–Kier alpha value is -0.870. The molecule has 1 aromatic heterocycles. The first kappa shape index (κ1) is 14.5. The Bertz CT molecular complexity index is 467. The molecule has 1 heterocycles. The van der Waals surface area contributed by atoms with Crippen molar-refractivity contribution in [1.29, 1.82) is 0 Å². The van der Waals surface area contributed by atoms with Crippen molar-refractivity contribution in [3.63, 3.8) is 0 Å². The molecule has 1 atom stereocenters. The van der Waals surface area contributed by atoms with Gasteiger partial charge in [0.25, 0.3) is 0 Å². The number of nitrogens with one attached hydrogen (secondary N) is 1. The summed E-state index contributed by atoms with van der Waals surface area (Å²) in [5.41, 5.74) is 4.18. The number of hydrazine groups is 1. The topological polar surface area (TPSA) is 38.0 Å². The lowest BCUT2D eigenvalue weighted by molar-refractivity contribution is 0.477. The number of hydrogen-bond donors (Lipinski definition) is 2. The van der Waals surface area contributed by atoms with Crippen LogP contribution in [0.2, 0.25) is 5.02 Å². The number of hydrogen-bond acceptors (Lipinski definition) is 3. The van der Waals surface area contributed by atoms with Crippen LogP contribution < -0.4 is 11.3 Å². The molecule has 0 saturated heterocycles. The fourth-order valence-electron chi connectivity index (χ4n) is 2.13. The van der Waals surface area contributed by atoms with Gasteiger partial charge in [-0.1, -0.05) is 29.8 Å². The third-order valence-corrected chi connectivity index (χ3v) is 4.38. The van der Waals surface area contributed by atoms with Gasteiger partial charge in [-0.15, -0.1) is 11.3 Å². The van der Waals surface area contributed by atoms with E-state index in [-0.39, 0.29) is 0 Å². The van der Waals surface area contributed by atoms with Crippen molar-refractivity contribution in [1.82, 2.24) is 5.43 Å². The summed E-state index contributed by atoms with van der Waals surface area (Å²) in [6, 6.07) is 12.6. The number of benzene rings is 1. The average molecular weight is 295 g/mol. The van der Waals surface area contributed by atoms with E-state index in [1.165, 1.54) is 10.4 Å². The fourth-order valence-corrected chi connectivity index (χ4v) is 3.00. The van der Waals surface area contributed by atoms with Crippen LogP contribution in [0.25, 0.3) is 0 Å². The van der Waals surface area contributed by atoms with Gasteiger partial charge in [-0.25, -0.2) is 0 Å². The van der Waals surface area contributed by atoms with E-state index < -0.39 is 0 Å². The maximum Gasteiger partial charge on any atom is 0.0406 e. The molecule has 2 nitrogen and oxygen atoms in total. The van der Waals surface area contributed by atoms with Gasteiger partial charge in [0.05, 0.1) is 0 Å². The van der Waals surface area contributed by atoms with Gasteiger partial charge in [0.15, 0.2) is 0 Å². The molecular weight excluding hydrogens is 276 g/mol. The summed E-state index contributed by atoms with van der Waals surface area (Å²) in [4.78, 5) is 1.45. The van der Waals surface area contributed by atoms with E-state index in [0.29, 0.717) is 6.04 Å². The smallest absolute Gasteiger partial charge is 0.0406 e. The zero-order chi connectivity index (χ0) is 13.5. The summed E-state index contributed by atoms with van der Waals surface area (Å²) >= 11 is 7.71. The van der Waals surface area contributed by atoms with Gasteiger partial charge in [-0.2, -0.15) is 0 Å². The molecule has 4 heteroatoms. The summed E-state index contributed by atoms with van der Waals surface area (Å²) in [5, 5.41) is 2.90. The molecule has 0 fully saturated rings. The first-order valence-corrected chi connectivity index (χ1v) is 7.76. The van der Waals surface area contributed by atoms with Crippen LogP contribution in [0.1, 0.15) is 23.3 Å². The standard InChI is InChI=1S/C15H19ClN2S/c16-13-8-6-12(7-9-13)11-14(18-17)3-1-4-15-5-2-10-19-15/h2,5-10,14,18H,1,3-4,11,17H2. The predicted molar refractivity (Wildman–Crippen MR) is 83.5 cm³/mol. The predicted octanol–water partition coefficient (Wildman–Crippen LogP) is 3.80. The molecule has 0 aliphatic carbocycles. The van der Waals surface area contributed by atoms with Crippen LogP contribution in [0.4, 0.5) is 0 Å². The highest BCUT2D eigenvalue weighted by molar-refractivity contribution is 7.09. The summed E-state index contributed by atoms with van der Waals surface area (Å²) in [6.45, 7) is 0. The van der Waals surface area contributed by atoms with Crippen LogP contribution in [0.5, 0.6) is 0 Å². The molecule has 0 saturated carbocycles. The molecule has 3 N–H and O–H groups in total. The van der Waals surface area contributed by atoms with Crippen LogP contribution >= 0.6 is 22.9 Å². The molecule has 2 aromatic rings. The number of nitrogens with two attached hydrogens (primary N) is 1. The lowest BCUT2D eigenvalue weighted by Crippen LogP contribution is -2.36. The zero-order valence-corrected chi connectivity index (χ0v) is 12.4. The number of thiophene rings is 1. The van der Waals surface area contributed by atoms with E-state index in [9.17, 15) is 0 Å². The van der Waals surface area contributed by atoms with Gasteiger partial charge < -0.3 is 0 Å². The van der Waals surface area contributed by atoms with E-state index in [4.69, 9.17) is 17.4 Å². The average Bonchev–Trinajstić information content (AvgIpc) is 2.93. The molecule has 1 aromatic carbocycles. The maximum atomic E-state index is 5.88. The van der Waals surface area contributed by atoms with Gasteiger partial charge in [-0.3, -0.25) is 11.3 Å². The van der Waals surface area contributed by atoms with Gasteiger partial charge in [0.2, 0.25) is 0 Å². The zero-order valence-electron chi connectivity index (χ0n) is 10.8. The van der Waals surface area contributed by atoms with Crippen LogP contribution in [-0.4, -0.2) is 6.04 Å². The summed E-state index contributed by atoms with van der Waals surface area (Å²) in [7, 11) is 0. The Morgan fingerprint density at radius 2 is 2.00 bits per heavy atom. The number of aryl methyl sites for hydroxylation is 1. The van der Waals surface area contributed by atoms with E-state index >= 15 is 0 Å². The summed E-state index contributed by atoms with van der Waals surface area (Å²) < 4.78 is 0. The Labute approximate surface area is 123 Å². The number of rotatable bonds is 7. The first-order chi connectivity index (χ1) is 9.28. The molecule has 0 bridgehead atoms. The van der Waals surface area contributed by atoms with Crippen molar-refractivity contribution in [2.75, 3.05) is 0 Å². The molecule has 1 unspecified atom stereocenters. The van der Waals surface area contributed by atoms with Gasteiger partial charge in [0.1, 0.15) is 0 Å². The fraction of sp³-hybridized carbons (Fsp3) is 0.333. The monoisotopic (exact) mass is 294 g/mol. The quantitative estimate of drug-likeness (QED) is 0.602. The highest BCUT2D eigenvalue weighted by Gasteiger charge is 2.08. The third-order valence-electron chi connectivity index (χ3n) is 3.19. The molecule has 2 rings (SSSR count). The minimum atomic E-state index is 0.320. The lowest BCUT2D eigenvalue weighted by atomic mass is 10.0. The van der Waals surface area contributed by atoms with Gasteiger partial charge in [0, 0.05) is 15.9 Å². The second-order valence-electron chi connectivity index (χ2n) is 4.67. The molecule has 102 valence electrons. The molecule has 0 spiro atoms. The van der Waals surface area contributed by atoms with Crippen molar-refractivity contribution in [3.05, 3.63) is 57.2 Å². The molecule has 0 amide bonds. The summed E-state index contributed by atoms with van der Waals surface area (Å²) in [6.07, 6.45) is 4.31. The van der Waals surface area contributed by atoms with Crippen LogP contribution in [0.15, 0.2) is 41.8 Å². The van der Waals surface area contributed by atoms with Crippen molar-refractivity contribution >= 4 is 22.9 Å². The Kier molecular flexibility index (Phi) is 5.86. The van der Waals surface area contributed by atoms with Crippen molar-refractivity contribution in [2.24, 2.45) is 5.84 Å². The Balaban J connectivity index is 1.78. The normalized spacial score (nSPS) is 12.5. The summed E-state index contributed by atoms with van der Waals surface area (Å²) in [5.74, 6) is 5.64. The van der Waals surface area contributed by atoms with Gasteiger partial charge in [-0.05, 0) is 54.8 Å². The molecule has 0 aliphatic rings. The maximum absolute atomic E-state index is 5.88. The molecule has 0 radical (unpaired) electrons. The molecule has 0 aliphatic heterocycles. The molecule has 19 heavy (non-hydrogen) atoms. The second-order valence-corrected chi connectivity index (χ2v) is 6.13. The first-order valence-electron chi connectivity index (χ1n) is 6.51. The lowest BCUT2D eigenvalue weighted by Gasteiger charge is -2.15. The number of halogens is 1. The van der Waals surface area contributed by atoms with E-state index in [2.05, 4.69) is 35.1 Å². The van der Waals surface area contributed by atoms with E-state index in [1.807, 2.05) is 23.5 Å². The minimum absolute atomic E-state index is 0.320. The van der Waals surface area contributed by atoms with Crippen LogP contribution in [-0.2, 0) is 12.8 Å². The highest BCUT2D eigenvalue weighted by Crippen LogP contribution is 2.15. The highest BCUT2D eigenvalue weighted by atomic mass is 35.5. The largest absolute Gasteiger partial charge is 0.271 e. The molecular formula is C15H19ClN2S. The third kappa shape index (κ3) is 4.96. The van der Waals surface area contributed by atoms with Crippen molar-refractivity contribution < 1.29 is 0 Å². The second kappa shape index (κ2) is 7.65. The van der Waals surface area contributed by atoms with Gasteiger partial charge >= 0.3 is 0 Å². The Morgan fingerprint density at radius 1 is 1.21 bits per heavy atom. The van der Waals surface area contributed by atoms with Crippen LogP contribution in [0, 0.1) is 0 Å². The van der Waals surface area contributed by atoms with Crippen molar-refractivity contribution in [2.45, 2.75) is 31.7 Å². The van der Waals surface area contributed by atoms with E-state index in [1.54, 1.807) is 0 Å². The Morgan fingerprint density at radius 3 is 2.63 bits per heavy atom.